The highest BCUT2D eigenvalue weighted by atomic mass is 35.5. The summed E-state index contributed by atoms with van der Waals surface area (Å²) in [4.78, 5) is 8.05. The van der Waals surface area contributed by atoms with Crippen LogP contribution in [0.3, 0.4) is 0 Å². The van der Waals surface area contributed by atoms with Crippen LogP contribution in [0.2, 0.25) is 10.4 Å². The fraction of sp³-hybridized carbons (Fsp3) is 0. The second-order valence-corrected chi connectivity index (χ2v) is 4.03. The number of hydrogen-bond donors (Lipinski definition) is 0. The van der Waals surface area contributed by atoms with E-state index in [4.69, 9.17) is 23.2 Å². The second-order valence-electron chi connectivity index (χ2n) is 2.41. The van der Waals surface area contributed by atoms with Gasteiger partial charge in [-0.15, -0.1) is 0 Å². The topological polar surface area (TPSA) is 30.2 Å². The summed E-state index contributed by atoms with van der Waals surface area (Å²) in [5.41, 5.74) is 0.894. The number of fused-ring (bicyclic) bond motifs is 1. The van der Waals surface area contributed by atoms with Gasteiger partial charge in [0, 0.05) is 10.8 Å². The van der Waals surface area contributed by atoms with Gasteiger partial charge in [-0.2, -0.15) is 0 Å². The summed E-state index contributed by atoms with van der Waals surface area (Å²) in [6.45, 7) is 0. The molecule has 0 amide bonds. The molecule has 0 bridgehead atoms. The highest BCUT2D eigenvalue weighted by Gasteiger charge is 2.04. The first-order chi connectivity index (χ1) is 5.68. The van der Waals surface area contributed by atoms with E-state index in [1.807, 2.05) is 0 Å². The normalized spacial score (nSPS) is 10.8. The minimum Gasteiger partial charge on any atom is -0.288 e. The van der Waals surface area contributed by atoms with Crippen molar-refractivity contribution in [1.82, 2.24) is 14.4 Å². The maximum Gasteiger partial charge on any atom is 0.318 e. The molecule has 6 heteroatoms. The van der Waals surface area contributed by atoms with Crippen LogP contribution in [0.15, 0.2) is 12.3 Å². The van der Waals surface area contributed by atoms with Crippen LogP contribution in [-0.2, 0) is 0 Å². The molecular formula is C6H4AlCl2N3. The van der Waals surface area contributed by atoms with E-state index in [2.05, 4.69) is 9.97 Å². The first-order valence-electron chi connectivity index (χ1n) is 3.34. The number of hydrogen-bond acceptors (Lipinski definition) is 2. The Kier molecular flexibility index (Phi) is 2.01. The van der Waals surface area contributed by atoms with Crippen molar-refractivity contribution in [2.45, 2.75) is 0 Å². The second kappa shape index (κ2) is 2.90. The van der Waals surface area contributed by atoms with Crippen molar-refractivity contribution in [3.8, 4) is 0 Å². The third kappa shape index (κ3) is 1.21. The predicted octanol–water partition coefficient (Wildman–Crippen LogP) is 0.294. The average molecular weight is 216 g/mol. The van der Waals surface area contributed by atoms with E-state index in [-0.39, 0.29) is 0 Å². The molecule has 0 saturated heterocycles. The molecule has 2 aromatic heterocycles. The van der Waals surface area contributed by atoms with Crippen molar-refractivity contribution in [1.29, 1.82) is 0 Å². The zero-order valence-electron chi connectivity index (χ0n) is 6.25. The van der Waals surface area contributed by atoms with Crippen molar-refractivity contribution < 1.29 is 0 Å². The Morgan fingerprint density at radius 1 is 1.42 bits per heavy atom. The molecule has 2 heterocycles. The Labute approximate surface area is 86.8 Å². The molecule has 0 fully saturated rings. The zero-order valence-corrected chi connectivity index (χ0v) is 9.76. The maximum absolute atomic E-state index is 5.86. The molecule has 12 heavy (non-hydrogen) atoms. The van der Waals surface area contributed by atoms with Gasteiger partial charge in [-0.1, -0.05) is 11.6 Å². The number of rotatable bonds is 0. The van der Waals surface area contributed by atoms with Gasteiger partial charge in [0.1, 0.15) is 5.15 Å². The summed E-state index contributed by atoms with van der Waals surface area (Å²) >= 11 is 12.4. The van der Waals surface area contributed by atoms with Crippen LogP contribution in [0.25, 0.3) is 5.52 Å². The third-order valence-electron chi connectivity index (χ3n) is 1.62. The molecule has 0 aliphatic rings. The minimum atomic E-state index is 0.375. The Bertz CT molecular complexity index is 440. The minimum absolute atomic E-state index is 0.375. The molecule has 0 aliphatic heterocycles. The maximum atomic E-state index is 5.86. The van der Waals surface area contributed by atoms with Crippen LogP contribution in [0, 0.1) is 0 Å². The molecule has 0 saturated carbocycles. The van der Waals surface area contributed by atoms with Gasteiger partial charge in [-0.3, -0.25) is 9.38 Å². The fourth-order valence-electron chi connectivity index (χ4n) is 1.10. The van der Waals surface area contributed by atoms with Gasteiger partial charge in [0.15, 0.2) is 0 Å². The van der Waals surface area contributed by atoms with Crippen molar-refractivity contribution in [2.75, 3.05) is 0 Å². The molecule has 3 nitrogen and oxygen atoms in total. The van der Waals surface area contributed by atoms with Gasteiger partial charge in [0.2, 0.25) is 5.28 Å². The van der Waals surface area contributed by atoms with Crippen LogP contribution < -0.4 is 4.69 Å². The lowest BCUT2D eigenvalue weighted by atomic mass is 10.5. The molecule has 0 atom stereocenters. The first kappa shape index (κ1) is 8.34. The Morgan fingerprint density at radius 2 is 2.17 bits per heavy atom. The number of halogens is 2. The molecule has 0 spiro atoms. The number of aromatic nitrogens is 3. The molecule has 0 unspecified atom stereocenters. The number of nitrogens with zero attached hydrogens (tertiary/aromatic N) is 3. The Balaban J connectivity index is 2.93. The quantitative estimate of drug-likeness (QED) is 0.360. The van der Waals surface area contributed by atoms with Gasteiger partial charge in [-0.05, 0) is 11.6 Å². The molecule has 0 aromatic carbocycles. The number of imidazole rings is 1. The Morgan fingerprint density at radius 3 is 2.92 bits per heavy atom. The van der Waals surface area contributed by atoms with E-state index < -0.39 is 0 Å². The summed E-state index contributed by atoms with van der Waals surface area (Å²) in [7, 11) is 0. The average Bonchev–Trinajstić information content (AvgIpc) is 2.31. The van der Waals surface area contributed by atoms with E-state index in [9.17, 15) is 0 Å². The highest BCUT2D eigenvalue weighted by molar-refractivity contribution is 6.34. The van der Waals surface area contributed by atoms with Crippen LogP contribution in [0.1, 0.15) is 0 Å². The van der Waals surface area contributed by atoms with E-state index in [0.29, 0.717) is 10.4 Å². The lowest BCUT2D eigenvalue weighted by Gasteiger charge is -1.99. The highest BCUT2D eigenvalue weighted by Crippen LogP contribution is 2.13. The van der Waals surface area contributed by atoms with Gasteiger partial charge in [0.25, 0.3) is 0 Å². The summed E-state index contributed by atoms with van der Waals surface area (Å²) in [5.74, 6) is 0. The summed E-state index contributed by atoms with van der Waals surface area (Å²) < 4.78 is 2.74. The third-order valence-corrected chi connectivity index (χ3v) is 2.77. The van der Waals surface area contributed by atoms with E-state index in [1.165, 1.54) is 0 Å². The van der Waals surface area contributed by atoms with Crippen LogP contribution in [0.5, 0.6) is 0 Å². The predicted molar refractivity (Wildman–Crippen MR) is 51.2 cm³/mol. The lowest BCUT2D eigenvalue weighted by molar-refractivity contribution is 1.11. The van der Waals surface area contributed by atoms with Crippen LogP contribution in [-0.4, -0.2) is 30.7 Å². The summed E-state index contributed by atoms with van der Waals surface area (Å²) in [6, 6.07) is 1.74. The lowest BCUT2D eigenvalue weighted by Crippen LogP contribution is -2.13. The van der Waals surface area contributed by atoms with E-state index >= 15 is 0 Å². The van der Waals surface area contributed by atoms with Crippen molar-refractivity contribution in [3.63, 3.8) is 0 Å². The smallest absolute Gasteiger partial charge is 0.288 e. The molecule has 2 aromatic rings. The Hall–Kier alpha value is -0.268. The zero-order chi connectivity index (χ0) is 8.72. The van der Waals surface area contributed by atoms with E-state index in [1.54, 1.807) is 16.7 Å². The molecular weight excluding hydrogens is 212 g/mol. The van der Waals surface area contributed by atoms with E-state index in [0.717, 1.165) is 26.5 Å². The van der Waals surface area contributed by atoms with Crippen molar-refractivity contribution in [2.24, 2.45) is 0 Å². The van der Waals surface area contributed by atoms with Gasteiger partial charge >= 0.3 is 16.3 Å². The largest absolute Gasteiger partial charge is 0.318 e. The molecule has 60 valence electrons. The molecule has 2 rings (SSSR count). The van der Waals surface area contributed by atoms with Gasteiger partial charge < -0.3 is 0 Å². The SMILES string of the molecule is [AlH2][c]1ncc2cc(Cl)nc(Cl)n12. The monoisotopic (exact) mass is 215 g/mol. The summed E-state index contributed by atoms with van der Waals surface area (Å²) in [6.07, 6.45) is 1.74. The molecule has 0 aliphatic carbocycles. The van der Waals surface area contributed by atoms with Crippen molar-refractivity contribution in [3.05, 3.63) is 22.7 Å². The van der Waals surface area contributed by atoms with Crippen LogP contribution >= 0.6 is 23.2 Å². The molecule has 0 N–H and O–H groups in total. The van der Waals surface area contributed by atoms with Crippen LogP contribution in [0.4, 0.5) is 0 Å². The van der Waals surface area contributed by atoms with Gasteiger partial charge in [0.05, 0.1) is 11.7 Å². The summed E-state index contributed by atoms with van der Waals surface area (Å²) in [5, 5.41) is 0.772. The first-order valence-corrected chi connectivity index (χ1v) is 5.10. The van der Waals surface area contributed by atoms with Crippen molar-refractivity contribution >= 4 is 49.7 Å². The standard InChI is InChI=1S/C6H2Cl2N3.Al.2H/c7-5-1-4-2-9-3-11(4)6(8)10-5;;;/h1-2H;;;. The molecule has 0 radical (unpaired) electrons. The van der Waals surface area contributed by atoms with Gasteiger partial charge in [-0.25, -0.2) is 4.98 Å². The fourth-order valence-corrected chi connectivity index (χ4v) is 2.38.